The fraction of sp³-hybridized carbons (Fsp3) is 0.261. The average Bonchev–Trinajstić information content (AvgIpc) is 2.81. The highest BCUT2D eigenvalue weighted by Gasteiger charge is 2.14. The van der Waals surface area contributed by atoms with Gasteiger partial charge >= 0.3 is 6.03 Å². The molecule has 0 atom stereocenters. The molecule has 0 aliphatic carbocycles. The van der Waals surface area contributed by atoms with Gasteiger partial charge in [0.2, 0.25) is 0 Å². The van der Waals surface area contributed by atoms with Gasteiger partial charge in [0.15, 0.2) is 0 Å². The van der Waals surface area contributed by atoms with E-state index in [0.29, 0.717) is 47.0 Å². The minimum Gasteiger partial charge on any atom is -0.495 e. The summed E-state index contributed by atoms with van der Waals surface area (Å²) in [6.45, 7) is 4.87. The first-order valence-corrected chi connectivity index (χ1v) is 10.8. The topological polar surface area (TPSA) is 101 Å². The monoisotopic (exact) mass is 468 g/mol. The number of amides is 2. The number of rotatable bonds is 6. The number of hydrogen-bond acceptors (Lipinski definition) is 7. The molecular formula is C23H25ClN6O3. The summed E-state index contributed by atoms with van der Waals surface area (Å²) < 4.78 is 10.5. The Morgan fingerprint density at radius 3 is 2.36 bits per heavy atom. The fourth-order valence-corrected chi connectivity index (χ4v) is 3.65. The van der Waals surface area contributed by atoms with Gasteiger partial charge < -0.3 is 30.3 Å². The predicted octanol–water partition coefficient (Wildman–Crippen LogP) is 4.67. The van der Waals surface area contributed by atoms with Gasteiger partial charge in [0.25, 0.3) is 0 Å². The number of anilines is 5. The van der Waals surface area contributed by atoms with Crippen LogP contribution in [0.4, 0.5) is 33.5 Å². The van der Waals surface area contributed by atoms with Gasteiger partial charge in [-0.1, -0.05) is 11.6 Å². The van der Waals surface area contributed by atoms with Crippen molar-refractivity contribution in [1.29, 1.82) is 0 Å². The molecule has 0 radical (unpaired) electrons. The summed E-state index contributed by atoms with van der Waals surface area (Å²) in [6, 6.07) is 13.9. The van der Waals surface area contributed by atoms with Gasteiger partial charge in [-0.25, -0.2) is 14.8 Å². The Morgan fingerprint density at radius 1 is 1.00 bits per heavy atom. The van der Waals surface area contributed by atoms with Crippen molar-refractivity contribution in [3.63, 3.8) is 0 Å². The number of benzene rings is 2. The van der Waals surface area contributed by atoms with Crippen LogP contribution >= 0.6 is 11.6 Å². The smallest absolute Gasteiger partial charge is 0.323 e. The third kappa shape index (κ3) is 6.03. The molecule has 172 valence electrons. The lowest BCUT2D eigenvalue weighted by Gasteiger charge is -2.28. The fourth-order valence-electron chi connectivity index (χ4n) is 3.39. The minimum atomic E-state index is -0.376. The Bertz CT molecular complexity index is 1120. The highest BCUT2D eigenvalue weighted by atomic mass is 35.5. The normalized spacial score (nSPS) is 13.4. The number of morpholine rings is 1. The van der Waals surface area contributed by atoms with Crippen LogP contribution in [0.25, 0.3) is 0 Å². The zero-order valence-corrected chi connectivity index (χ0v) is 19.1. The van der Waals surface area contributed by atoms with Gasteiger partial charge in [-0.05, 0) is 49.4 Å². The minimum absolute atomic E-state index is 0.376. The molecule has 2 amide bonds. The number of aromatic nitrogens is 2. The Kier molecular flexibility index (Phi) is 7.11. The third-order valence-electron chi connectivity index (χ3n) is 4.98. The van der Waals surface area contributed by atoms with Crippen LogP contribution in [0.2, 0.25) is 5.02 Å². The van der Waals surface area contributed by atoms with Crippen molar-refractivity contribution in [2.24, 2.45) is 0 Å². The van der Waals surface area contributed by atoms with E-state index in [1.54, 1.807) is 30.3 Å². The molecule has 1 fully saturated rings. The molecule has 9 nitrogen and oxygen atoms in total. The number of methoxy groups -OCH3 is 1. The second kappa shape index (κ2) is 10.4. The predicted molar refractivity (Wildman–Crippen MR) is 130 cm³/mol. The number of ether oxygens (including phenoxy) is 2. The zero-order valence-electron chi connectivity index (χ0n) is 18.4. The van der Waals surface area contributed by atoms with E-state index in [2.05, 4.69) is 30.8 Å². The standard InChI is InChI=1S/C23H25ClN6O3/c1-15-25-21(14-22(26-15)30-9-11-33-12-10-30)27-16-3-5-17(6-4-16)28-23(31)29-18-7-8-20(32-2)19(24)13-18/h3-8,13-14H,9-12H2,1-2H3,(H,25,26,27)(H2,28,29,31). The Hall–Kier alpha value is -3.56. The van der Waals surface area contributed by atoms with E-state index in [0.717, 1.165) is 24.6 Å². The zero-order chi connectivity index (χ0) is 23.2. The van der Waals surface area contributed by atoms with Crippen molar-refractivity contribution in [2.45, 2.75) is 6.92 Å². The number of halogens is 1. The maximum absolute atomic E-state index is 12.3. The molecule has 0 unspecified atom stereocenters. The average molecular weight is 469 g/mol. The van der Waals surface area contributed by atoms with Gasteiger partial charge in [-0.3, -0.25) is 0 Å². The first-order chi connectivity index (χ1) is 16.0. The lowest BCUT2D eigenvalue weighted by Crippen LogP contribution is -2.36. The number of nitrogens with one attached hydrogen (secondary N) is 3. The highest BCUT2D eigenvalue weighted by molar-refractivity contribution is 6.32. The van der Waals surface area contributed by atoms with Crippen LogP contribution in [0.1, 0.15) is 5.82 Å². The molecule has 4 rings (SSSR count). The summed E-state index contributed by atoms with van der Waals surface area (Å²) >= 11 is 6.10. The van der Waals surface area contributed by atoms with Crippen LogP contribution in [-0.4, -0.2) is 49.4 Å². The van der Waals surface area contributed by atoms with Crippen molar-refractivity contribution in [2.75, 3.05) is 54.3 Å². The summed E-state index contributed by atoms with van der Waals surface area (Å²) in [5, 5.41) is 9.26. The summed E-state index contributed by atoms with van der Waals surface area (Å²) in [7, 11) is 1.54. The molecule has 0 spiro atoms. The molecular weight excluding hydrogens is 444 g/mol. The van der Waals surface area contributed by atoms with Gasteiger partial charge in [0.05, 0.1) is 25.3 Å². The second-order valence-electron chi connectivity index (χ2n) is 7.39. The molecule has 10 heteroatoms. The second-order valence-corrected chi connectivity index (χ2v) is 7.80. The first kappa shape index (κ1) is 22.6. The van der Waals surface area contributed by atoms with Crippen LogP contribution in [0.3, 0.4) is 0 Å². The van der Waals surface area contributed by atoms with E-state index in [1.165, 1.54) is 7.11 Å². The van der Waals surface area contributed by atoms with Crippen molar-refractivity contribution in [3.05, 3.63) is 59.4 Å². The van der Waals surface area contributed by atoms with E-state index < -0.39 is 0 Å². The summed E-state index contributed by atoms with van der Waals surface area (Å²) in [5.41, 5.74) is 2.05. The summed E-state index contributed by atoms with van der Waals surface area (Å²) in [6.07, 6.45) is 0. The largest absolute Gasteiger partial charge is 0.495 e. The number of carbonyl (C=O) groups is 1. The number of nitrogens with zero attached hydrogens (tertiary/aromatic N) is 3. The van der Waals surface area contributed by atoms with E-state index in [9.17, 15) is 4.79 Å². The highest BCUT2D eigenvalue weighted by Crippen LogP contribution is 2.27. The molecule has 3 aromatic rings. The molecule has 0 saturated carbocycles. The molecule has 33 heavy (non-hydrogen) atoms. The molecule has 2 heterocycles. The molecule has 1 aliphatic heterocycles. The van der Waals surface area contributed by atoms with Crippen LogP contribution in [0.15, 0.2) is 48.5 Å². The third-order valence-corrected chi connectivity index (χ3v) is 5.28. The van der Waals surface area contributed by atoms with Gasteiger partial charge in [-0.2, -0.15) is 0 Å². The van der Waals surface area contributed by atoms with Crippen molar-refractivity contribution in [3.8, 4) is 5.75 Å². The molecule has 1 aromatic heterocycles. The maximum atomic E-state index is 12.3. The molecule has 1 aliphatic rings. The number of aryl methyl sites for hydroxylation is 1. The maximum Gasteiger partial charge on any atom is 0.323 e. The van der Waals surface area contributed by atoms with Crippen molar-refractivity contribution < 1.29 is 14.3 Å². The van der Waals surface area contributed by atoms with Crippen molar-refractivity contribution >= 4 is 46.3 Å². The molecule has 0 bridgehead atoms. The van der Waals surface area contributed by atoms with Gasteiger partial charge in [0.1, 0.15) is 23.2 Å². The van der Waals surface area contributed by atoms with E-state index in [1.807, 2.05) is 25.1 Å². The summed E-state index contributed by atoms with van der Waals surface area (Å²) in [5.74, 6) is 2.82. The van der Waals surface area contributed by atoms with Crippen molar-refractivity contribution in [1.82, 2.24) is 9.97 Å². The van der Waals surface area contributed by atoms with E-state index in [4.69, 9.17) is 21.1 Å². The quantitative estimate of drug-likeness (QED) is 0.483. The van der Waals surface area contributed by atoms with Crippen LogP contribution in [0, 0.1) is 6.92 Å². The van der Waals surface area contributed by atoms with Crippen LogP contribution in [-0.2, 0) is 4.74 Å². The number of urea groups is 1. The number of hydrogen-bond donors (Lipinski definition) is 3. The Morgan fingerprint density at radius 2 is 1.67 bits per heavy atom. The summed E-state index contributed by atoms with van der Waals surface area (Å²) in [4.78, 5) is 23.5. The van der Waals surface area contributed by atoms with Crippen LogP contribution < -0.4 is 25.6 Å². The Balaban J connectivity index is 1.37. The molecule has 3 N–H and O–H groups in total. The molecule has 1 saturated heterocycles. The van der Waals surface area contributed by atoms with E-state index >= 15 is 0 Å². The lowest BCUT2D eigenvalue weighted by atomic mass is 10.2. The first-order valence-electron chi connectivity index (χ1n) is 10.5. The van der Waals surface area contributed by atoms with Gasteiger partial charge in [-0.15, -0.1) is 0 Å². The van der Waals surface area contributed by atoms with Gasteiger partial charge in [0, 0.05) is 36.2 Å². The van der Waals surface area contributed by atoms with Crippen LogP contribution in [0.5, 0.6) is 5.75 Å². The van der Waals surface area contributed by atoms with E-state index in [-0.39, 0.29) is 6.03 Å². The SMILES string of the molecule is COc1ccc(NC(=O)Nc2ccc(Nc3cc(N4CCOCC4)nc(C)n3)cc2)cc1Cl. The number of carbonyl (C=O) groups excluding carboxylic acids is 1. The Labute approximate surface area is 197 Å². The lowest BCUT2D eigenvalue weighted by molar-refractivity contribution is 0.122. The molecule has 2 aromatic carbocycles.